The van der Waals surface area contributed by atoms with Crippen molar-refractivity contribution in [2.24, 2.45) is 7.05 Å². The number of thioether (sulfide) groups is 1. The van der Waals surface area contributed by atoms with Gasteiger partial charge in [0.05, 0.1) is 5.69 Å². The van der Waals surface area contributed by atoms with Gasteiger partial charge < -0.3 is 5.11 Å². The molecule has 2 aromatic rings. The van der Waals surface area contributed by atoms with Gasteiger partial charge in [-0.3, -0.25) is 4.68 Å². The van der Waals surface area contributed by atoms with E-state index < -0.39 is 5.97 Å². The second kappa shape index (κ2) is 4.74. The molecule has 4 nitrogen and oxygen atoms in total. The number of hydrogen-bond donors (Lipinski definition) is 1. The van der Waals surface area contributed by atoms with Crippen LogP contribution in [0.2, 0.25) is 0 Å². The minimum atomic E-state index is -0.995. The fourth-order valence-electron chi connectivity index (χ4n) is 2.20. The number of nitrogens with zero attached hydrogens (tertiary/aromatic N) is 2. The van der Waals surface area contributed by atoms with Crippen LogP contribution in [0.3, 0.4) is 0 Å². The van der Waals surface area contributed by atoms with Crippen molar-refractivity contribution in [3.63, 3.8) is 0 Å². The predicted molar refractivity (Wildman–Crippen MR) is 75.7 cm³/mol. The topological polar surface area (TPSA) is 55.1 Å². The molecule has 0 amide bonds. The molecule has 0 atom stereocenters. The van der Waals surface area contributed by atoms with Crippen molar-refractivity contribution in [3.8, 4) is 11.3 Å². The molecule has 0 radical (unpaired) electrons. The van der Waals surface area contributed by atoms with Crippen molar-refractivity contribution < 1.29 is 9.90 Å². The van der Waals surface area contributed by atoms with E-state index in [1.807, 2.05) is 23.9 Å². The molecule has 1 saturated heterocycles. The first kappa shape index (κ1) is 12.3. The third kappa shape index (κ3) is 2.26. The quantitative estimate of drug-likeness (QED) is 0.934. The number of aromatic nitrogens is 2. The second-order valence-corrected chi connectivity index (χ2v) is 5.77. The lowest BCUT2D eigenvalue weighted by Gasteiger charge is -2.25. The molecule has 0 aliphatic carbocycles. The van der Waals surface area contributed by atoms with Crippen LogP contribution in [0.5, 0.6) is 0 Å². The molecule has 1 fully saturated rings. The molecular weight excluding hydrogens is 260 g/mol. The van der Waals surface area contributed by atoms with Crippen LogP contribution in [0.25, 0.3) is 11.3 Å². The minimum absolute atomic E-state index is 0.0805. The first-order valence-corrected chi connectivity index (χ1v) is 7.26. The Labute approximate surface area is 115 Å². The first-order valence-electron chi connectivity index (χ1n) is 6.10. The molecule has 98 valence electrons. The molecule has 3 rings (SSSR count). The summed E-state index contributed by atoms with van der Waals surface area (Å²) < 4.78 is 1.61. The lowest BCUT2D eigenvalue weighted by molar-refractivity contribution is 0.0689. The summed E-state index contributed by atoms with van der Waals surface area (Å²) >= 11 is 1.97. The van der Waals surface area contributed by atoms with Crippen LogP contribution in [0.1, 0.15) is 22.0 Å². The van der Waals surface area contributed by atoms with Gasteiger partial charge in [0.15, 0.2) is 5.69 Å². The SMILES string of the molecule is Cn1nc(C(=O)O)cc1-c1ccc(C2CSC2)cc1. The molecule has 5 heteroatoms. The van der Waals surface area contributed by atoms with Crippen LogP contribution in [-0.4, -0.2) is 32.4 Å². The summed E-state index contributed by atoms with van der Waals surface area (Å²) in [4.78, 5) is 10.9. The molecule has 1 aromatic carbocycles. The Hall–Kier alpha value is -1.75. The number of carboxylic acid groups (broad SMARTS) is 1. The van der Waals surface area contributed by atoms with E-state index in [9.17, 15) is 4.79 Å². The van der Waals surface area contributed by atoms with Gasteiger partial charge >= 0.3 is 5.97 Å². The van der Waals surface area contributed by atoms with Crippen molar-refractivity contribution in [1.82, 2.24) is 9.78 Å². The number of benzene rings is 1. The molecule has 1 N–H and O–H groups in total. The Balaban J connectivity index is 1.91. The summed E-state index contributed by atoms with van der Waals surface area (Å²) in [6, 6.07) is 9.96. The van der Waals surface area contributed by atoms with Crippen molar-refractivity contribution >= 4 is 17.7 Å². The molecule has 0 spiro atoms. The van der Waals surface area contributed by atoms with E-state index in [4.69, 9.17) is 5.11 Å². The Kier molecular flexibility index (Phi) is 3.06. The summed E-state index contributed by atoms with van der Waals surface area (Å²) in [6.07, 6.45) is 0. The van der Waals surface area contributed by atoms with Crippen LogP contribution >= 0.6 is 11.8 Å². The molecule has 1 aliphatic heterocycles. The van der Waals surface area contributed by atoms with Gasteiger partial charge in [-0.2, -0.15) is 16.9 Å². The van der Waals surface area contributed by atoms with Gasteiger partial charge in [0.1, 0.15) is 0 Å². The van der Waals surface area contributed by atoms with E-state index in [1.54, 1.807) is 17.8 Å². The number of carbonyl (C=O) groups is 1. The number of rotatable bonds is 3. The van der Waals surface area contributed by atoms with E-state index in [2.05, 4.69) is 17.2 Å². The van der Waals surface area contributed by atoms with Crippen LogP contribution in [0.15, 0.2) is 30.3 Å². The van der Waals surface area contributed by atoms with E-state index in [-0.39, 0.29) is 5.69 Å². The smallest absolute Gasteiger partial charge is 0.356 e. The molecule has 2 heterocycles. The fraction of sp³-hybridized carbons (Fsp3) is 0.286. The maximum Gasteiger partial charge on any atom is 0.356 e. The Bertz CT molecular complexity index is 615. The predicted octanol–water partition coefficient (Wildman–Crippen LogP) is 2.62. The van der Waals surface area contributed by atoms with Crippen molar-refractivity contribution in [1.29, 1.82) is 0 Å². The zero-order chi connectivity index (χ0) is 13.4. The molecule has 0 unspecified atom stereocenters. The van der Waals surface area contributed by atoms with E-state index in [0.717, 1.165) is 11.3 Å². The van der Waals surface area contributed by atoms with E-state index in [0.29, 0.717) is 5.92 Å². The van der Waals surface area contributed by atoms with E-state index >= 15 is 0 Å². The Morgan fingerprint density at radius 1 is 1.37 bits per heavy atom. The molecular formula is C14H14N2O2S. The minimum Gasteiger partial charge on any atom is -0.476 e. The highest BCUT2D eigenvalue weighted by Gasteiger charge is 2.20. The zero-order valence-corrected chi connectivity index (χ0v) is 11.4. The summed E-state index contributed by atoms with van der Waals surface area (Å²) in [5.41, 5.74) is 3.27. The number of hydrogen-bond acceptors (Lipinski definition) is 3. The van der Waals surface area contributed by atoms with Gasteiger partial charge in [0.25, 0.3) is 0 Å². The van der Waals surface area contributed by atoms with Gasteiger partial charge in [-0.25, -0.2) is 4.79 Å². The first-order chi connectivity index (χ1) is 9.15. The Morgan fingerprint density at radius 3 is 2.53 bits per heavy atom. The van der Waals surface area contributed by atoms with Crippen molar-refractivity contribution in [2.75, 3.05) is 11.5 Å². The van der Waals surface area contributed by atoms with Crippen molar-refractivity contribution in [2.45, 2.75) is 5.92 Å². The lowest BCUT2D eigenvalue weighted by Crippen LogP contribution is -2.15. The summed E-state index contributed by atoms with van der Waals surface area (Å²) in [7, 11) is 1.76. The maximum absolute atomic E-state index is 10.9. The number of aryl methyl sites for hydroxylation is 1. The van der Waals surface area contributed by atoms with E-state index in [1.165, 1.54) is 17.1 Å². The molecule has 0 bridgehead atoms. The largest absolute Gasteiger partial charge is 0.476 e. The van der Waals surface area contributed by atoms with Gasteiger partial charge in [-0.05, 0) is 17.2 Å². The van der Waals surface area contributed by atoms with Crippen LogP contribution in [0.4, 0.5) is 0 Å². The average molecular weight is 274 g/mol. The Morgan fingerprint density at radius 2 is 2.05 bits per heavy atom. The second-order valence-electron chi connectivity index (χ2n) is 4.70. The third-order valence-electron chi connectivity index (χ3n) is 3.41. The van der Waals surface area contributed by atoms with Crippen LogP contribution < -0.4 is 0 Å². The molecule has 0 saturated carbocycles. The van der Waals surface area contributed by atoms with Gasteiger partial charge in [0, 0.05) is 24.5 Å². The number of aromatic carboxylic acids is 1. The average Bonchev–Trinajstić information content (AvgIpc) is 2.70. The molecule has 1 aromatic heterocycles. The van der Waals surface area contributed by atoms with Crippen molar-refractivity contribution in [3.05, 3.63) is 41.6 Å². The zero-order valence-electron chi connectivity index (χ0n) is 10.5. The summed E-state index contributed by atoms with van der Waals surface area (Å²) in [5, 5.41) is 12.9. The summed E-state index contributed by atoms with van der Waals surface area (Å²) in [5.74, 6) is 2.09. The van der Waals surface area contributed by atoms with Gasteiger partial charge in [0.2, 0.25) is 0 Å². The number of carboxylic acids is 1. The fourth-order valence-corrected chi connectivity index (χ4v) is 3.05. The highest BCUT2D eigenvalue weighted by atomic mass is 32.2. The third-order valence-corrected chi connectivity index (χ3v) is 4.69. The van der Waals surface area contributed by atoms with Crippen LogP contribution in [-0.2, 0) is 7.05 Å². The summed E-state index contributed by atoms with van der Waals surface area (Å²) in [6.45, 7) is 0. The van der Waals surface area contributed by atoms with Gasteiger partial charge in [-0.15, -0.1) is 0 Å². The normalized spacial score (nSPS) is 15.2. The standard InChI is InChI=1S/C14H14N2O2S/c1-16-13(6-12(15-16)14(17)18)10-4-2-9(3-5-10)11-7-19-8-11/h2-6,11H,7-8H2,1H3,(H,17,18). The monoisotopic (exact) mass is 274 g/mol. The van der Waals surface area contributed by atoms with Gasteiger partial charge in [-0.1, -0.05) is 24.3 Å². The molecule has 1 aliphatic rings. The lowest BCUT2D eigenvalue weighted by atomic mass is 10.00. The highest BCUT2D eigenvalue weighted by molar-refractivity contribution is 8.00. The highest BCUT2D eigenvalue weighted by Crippen LogP contribution is 2.34. The maximum atomic E-state index is 10.9. The molecule has 19 heavy (non-hydrogen) atoms. The van der Waals surface area contributed by atoms with Crippen LogP contribution in [0, 0.1) is 0 Å².